The van der Waals surface area contributed by atoms with Gasteiger partial charge in [0.1, 0.15) is 12.4 Å². The van der Waals surface area contributed by atoms with Gasteiger partial charge < -0.3 is 14.5 Å². The fourth-order valence-electron chi connectivity index (χ4n) is 6.19. The quantitative estimate of drug-likeness (QED) is 0.298. The summed E-state index contributed by atoms with van der Waals surface area (Å²) in [6.07, 6.45) is 5.01. The molecular weight excluding hydrogens is 630 g/mol. The molecule has 1 saturated heterocycles. The van der Waals surface area contributed by atoms with Gasteiger partial charge in [-0.3, -0.25) is 9.59 Å². The second-order valence-electron chi connectivity index (χ2n) is 13.5. The smallest absolute Gasteiger partial charge is 0.264 e. The van der Waals surface area contributed by atoms with E-state index in [-0.39, 0.29) is 46.8 Å². The van der Waals surface area contributed by atoms with Crippen LogP contribution in [0, 0.1) is 19.3 Å². The number of nitrogens with zero attached hydrogens (tertiary/aromatic N) is 6. The lowest BCUT2D eigenvalue weighted by molar-refractivity contribution is -0.117. The summed E-state index contributed by atoms with van der Waals surface area (Å²) < 4.78 is 36.1. The van der Waals surface area contributed by atoms with Gasteiger partial charge in [0, 0.05) is 30.2 Å². The van der Waals surface area contributed by atoms with E-state index in [1.54, 1.807) is 34.3 Å². The lowest BCUT2D eigenvalue weighted by atomic mass is 9.87. The van der Waals surface area contributed by atoms with Crippen LogP contribution < -0.4 is 14.4 Å². The zero-order chi connectivity index (χ0) is 34.2. The summed E-state index contributed by atoms with van der Waals surface area (Å²) in [4.78, 5) is 47.9. The Morgan fingerprint density at radius 2 is 1.69 bits per heavy atom. The standard InChI is InChI=1S/C35H39N7O5S/c1-22-9-6-10-23(2)32(22)28-16-30-39-34(38-28)40-48(45,46)27-12-7-11-24(15-27)33(44)42(25(21-47-30)17-35(3,4)5)20-29-36-18-26(19-37-29)41-14-8-13-31(41)43/h6-7,9-12,15-16,18-19,25H,8,13-14,17,20-21H2,1-5H3,(H,38,39,40)/t25-/m1/s1. The van der Waals surface area contributed by atoms with E-state index in [0.29, 0.717) is 36.6 Å². The number of hydrogen-bond acceptors (Lipinski definition) is 9. The minimum atomic E-state index is -4.20. The van der Waals surface area contributed by atoms with Crippen LogP contribution in [0.15, 0.2) is 65.8 Å². The van der Waals surface area contributed by atoms with E-state index < -0.39 is 22.0 Å². The number of aromatic nitrogens is 4. The fourth-order valence-corrected chi connectivity index (χ4v) is 7.18. The van der Waals surface area contributed by atoms with Crippen molar-refractivity contribution in [3.63, 3.8) is 0 Å². The number of nitrogens with one attached hydrogen (secondary N) is 1. The second kappa shape index (κ2) is 12.9. The highest BCUT2D eigenvalue weighted by Crippen LogP contribution is 2.32. The topological polar surface area (TPSA) is 148 Å². The molecule has 0 radical (unpaired) electrons. The molecule has 0 spiro atoms. The van der Waals surface area contributed by atoms with Gasteiger partial charge in [-0.05, 0) is 61.4 Å². The van der Waals surface area contributed by atoms with Gasteiger partial charge in [-0.15, -0.1) is 0 Å². The summed E-state index contributed by atoms with van der Waals surface area (Å²) in [7, 11) is -4.20. The molecule has 4 bridgehead atoms. The summed E-state index contributed by atoms with van der Waals surface area (Å²) in [5.74, 6) is 0.0132. The first-order chi connectivity index (χ1) is 22.8. The number of anilines is 2. The average molecular weight is 670 g/mol. The van der Waals surface area contributed by atoms with Crippen molar-refractivity contribution in [3.05, 3.63) is 83.4 Å². The Morgan fingerprint density at radius 1 is 0.979 bits per heavy atom. The van der Waals surface area contributed by atoms with Crippen molar-refractivity contribution in [2.45, 2.75) is 71.4 Å². The van der Waals surface area contributed by atoms with Crippen LogP contribution in [0.1, 0.15) is 67.3 Å². The highest BCUT2D eigenvalue weighted by atomic mass is 32.2. The number of sulfonamides is 1. The van der Waals surface area contributed by atoms with Crippen molar-refractivity contribution >= 4 is 33.5 Å². The van der Waals surface area contributed by atoms with Crippen LogP contribution in [0.2, 0.25) is 0 Å². The number of benzene rings is 2. The van der Waals surface area contributed by atoms with Crippen molar-refractivity contribution in [2.24, 2.45) is 5.41 Å². The van der Waals surface area contributed by atoms with Gasteiger partial charge in [0.15, 0.2) is 0 Å². The minimum Gasteiger partial charge on any atom is -0.475 e. The van der Waals surface area contributed by atoms with Gasteiger partial charge in [-0.1, -0.05) is 45.0 Å². The van der Waals surface area contributed by atoms with E-state index in [4.69, 9.17) is 4.74 Å². The molecule has 6 rings (SSSR count). The Morgan fingerprint density at radius 3 is 2.35 bits per heavy atom. The molecule has 2 amide bonds. The molecule has 1 atom stereocenters. The van der Waals surface area contributed by atoms with Gasteiger partial charge in [-0.25, -0.2) is 28.1 Å². The van der Waals surface area contributed by atoms with Gasteiger partial charge in [0.25, 0.3) is 15.9 Å². The SMILES string of the molecule is Cc1cccc(C)c1-c1cc2nc(n1)NS(=O)(=O)c1cccc(c1)C(=O)N(Cc1ncc(N3CCCC3=O)cn1)[C@H](CC(C)(C)C)CO2. The van der Waals surface area contributed by atoms with Gasteiger partial charge in [0.05, 0.1) is 41.3 Å². The number of carbonyl (C=O) groups is 2. The maximum atomic E-state index is 14.4. The van der Waals surface area contributed by atoms with Crippen LogP contribution in [-0.2, 0) is 21.4 Å². The molecule has 0 saturated carbocycles. The monoisotopic (exact) mass is 669 g/mol. The van der Waals surface area contributed by atoms with Crippen LogP contribution in [0.5, 0.6) is 5.88 Å². The third-order valence-corrected chi connectivity index (χ3v) is 9.74. The Kier molecular flexibility index (Phi) is 8.90. The Balaban J connectivity index is 1.45. The molecule has 12 nitrogen and oxygen atoms in total. The summed E-state index contributed by atoms with van der Waals surface area (Å²) >= 11 is 0. The van der Waals surface area contributed by atoms with Crippen molar-refractivity contribution in [2.75, 3.05) is 22.8 Å². The maximum Gasteiger partial charge on any atom is 0.264 e. The predicted octanol–water partition coefficient (Wildman–Crippen LogP) is 5.32. The molecule has 2 aromatic heterocycles. The van der Waals surface area contributed by atoms with E-state index in [1.807, 2.05) is 32.0 Å². The molecule has 2 aliphatic rings. The average Bonchev–Trinajstić information content (AvgIpc) is 3.46. The first kappa shape index (κ1) is 33.0. The van der Waals surface area contributed by atoms with Crippen LogP contribution >= 0.6 is 0 Å². The normalized spacial score (nSPS) is 18.0. The summed E-state index contributed by atoms with van der Waals surface area (Å²) in [6.45, 7) is 10.8. The van der Waals surface area contributed by atoms with Crippen LogP contribution in [0.4, 0.5) is 11.6 Å². The van der Waals surface area contributed by atoms with Crippen LogP contribution in [0.25, 0.3) is 11.3 Å². The number of aryl methyl sites for hydroxylation is 2. The fraction of sp³-hybridized carbons (Fsp3) is 0.371. The van der Waals surface area contributed by atoms with Gasteiger partial charge in [-0.2, -0.15) is 4.98 Å². The van der Waals surface area contributed by atoms with Crippen LogP contribution in [0.3, 0.4) is 0 Å². The predicted molar refractivity (Wildman–Crippen MR) is 181 cm³/mol. The number of carbonyl (C=O) groups excluding carboxylic acids is 2. The molecule has 0 aliphatic carbocycles. The van der Waals surface area contributed by atoms with E-state index in [0.717, 1.165) is 23.1 Å². The van der Waals surface area contributed by atoms with Gasteiger partial charge in [0.2, 0.25) is 17.7 Å². The molecule has 48 heavy (non-hydrogen) atoms. The third kappa shape index (κ3) is 7.15. The lowest BCUT2D eigenvalue weighted by Gasteiger charge is -2.35. The summed E-state index contributed by atoms with van der Waals surface area (Å²) in [5.41, 5.74) is 3.82. The minimum absolute atomic E-state index is 0.0229. The van der Waals surface area contributed by atoms with Crippen molar-refractivity contribution in [3.8, 4) is 17.1 Å². The molecule has 4 aromatic rings. The number of amides is 2. The van der Waals surface area contributed by atoms with Crippen molar-refractivity contribution < 1.29 is 22.7 Å². The highest BCUT2D eigenvalue weighted by molar-refractivity contribution is 7.92. The Bertz CT molecular complexity index is 1960. The molecule has 0 unspecified atom stereocenters. The molecule has 4 heterocycles. The zero-order valence-electron chi connectivity index (χ0n) is 27.7. The molecule has 250 valence electrons. The van der Waals surface area contributed by atoms with Crippen LogP contribution in [-0.4, -0.2) is 64.3 Å². The Hall–Kier alpha value is -4.91. The largest absolute Gasteiger partial charge is 0.475 e. The summed E-state index contributed by atoms with van der Waals surface area (Å²) in [6, 6.07) is 13.0. The number of rotatable bonds is 5. The number of fused-ring (bicyclic) bond motifs is 4. The van der Waals surface area contributed by atoms with E-state index in [1.165, 1.54) is 18.2 Å². The van der Waals surface area contributed by atoms with E-state index in [9.17, 15) is 18.0 Å². The molecule has 13 heteroatoms. The first-order valence-corrected chi connectivity index (χ1v) is 17.4. The second-order valence-corrected chi connectivity index (χ2v) is 15.2. The third-order valence-electron chi connectivity index (χ3n) is 8.42. The number of ether oxygens (including phenoxy) is 1. The van der Waals surface area contributed by atoms with Crippen molar-refractivity contribution in [1.82, 2.24) is 24.8 Å². The molecule has 2 aliphatic heterocycles. The van der Waals surface area contributed by atoms with E-state index >= 15 is 0 Å². The zero-order valence-corrected chi connectivity index (χ0v) is 28.5. The lowest BCUT2D eigenvalue weighted by Crippen LogP contribution is -2.45. The highest BCUT2D eigenvalue weighted by Gasteiger charge is 2.32. The maximum absolute atomic E-state index is 14.4. The Labute approximate surface area is 280 Å². The first-order valence-electron chi connectivity index (χ1n) is 15.9. The van der Waals surface area contributed by atoms with Crippen molar-refractivity contribution in [1.29, 1.82) is 0 Å². The summed E-state index contributed by atoms with van der Waals surface area (Å²) in [5, 5.41) is 0. The molecule has 1 fully saturated rings. The molecular formula is C35H39N7O5S. The number of hydrogen-bond donors (Lipinski definition) is 1. The van der Waals surface area contributed by atoms with Gasteiger partial charge >= 0.3 is 0 Å². The van der Waals surface area contributed by atoms with E-state index in [2.05, 4.69) is 45.4 Å². The molecule has 1 N–H and O–H groups in total. The molecule has 2 aromatic carbocycles.